The third-order valence-corrected chi connectivity index (χ3v) is 4.33. The quantitative estimate of drug-likeness (QED) is 0.504. The maximum absolute atomic E-state index is 12.8. The van der Waals surface area contributed by atoms with E-state index in [2.05, 4.69) is 5.32 Å². The molecule has 2 aromatic rings. The van der Waals surface area contributed by atoms with Gasteiger partial charge < -0.3 is 19.5 Å². The van der Waals surface area contributed by atoms with Gasteiger partial charge >= 0.3 is 17.9 Å². The molecular weight excluding hydrogens is 402 g/mol. The van der Waals surface area contributed by atoms with Crippen LogP contribution in [0.4, 0.5) is 5.69 Å². The first-order chi connectivity index (χ1) is 14.8. The minimum Gasteiger partial charge on any atom is -0.462 e. The van der Waals surface area contributed by atoms with Crippen LogP contribution in [0.3, 0.4) is 0 Å². The second-order valence-electron chi connectivity index (χ2n) is 6.33. The number of anilines is 1. The summed E-state index contributed by atoms with van der Waals surface area (Å²) in [6.07, 6.45) is 0. The van der Waals surface area contributed by atoms with Gasteiger partial charge in [0.05, 0.1) is 42.2 Å². The van der Waals surface area contributed by atoms with Gasteiger partial charge in [-0.2, -0.15) is 0 Å². The van der Waals surface area contributed by atoms with Crippen molar-refractivity contribution in [3.8, 4) is 0 Å². The lowest BCUT2D eigenvalue weighted by atomic mass is 9.94. The van der Waals surface area contributed by atoms with Crippen LogP contribution in [-0.2, 0) is 14.2 Å². The second kappa shape index (κ2) is 10.9. The van der Waals surface area contributed by atoms with Crippen LogP contribution in [0, 0.1) is 6.92 Å². The molecule has 0 heterocycles. The zero-order valence-corrected chi connectivity index (χ0v) is 17.9. The molecule has 0 bridgehead atoms. The fourth-order valence-electron chi connectivity index (χ4n) is 2.96. The minimum absolute atomic E-state index is 0.0290. The summed E-state index contributed by atoms with van der Waals surface area (Å²) in [4.78, 5) is 50.8. The Balaban J connectivity index is 2.73. The lowest BCUT2D eigenvalue weighted by Gasteiger charge is -2.19. The highest BCUT2D eigenvalue weighted by Gasteiger charge is 2.30. The van der Waals surface area contributed by atoms with E-state index < -0.39 is 23.8 Å². The van der Waals surface area contributed by atoms with E-state index in [0.29, 0.717) is 5.56 Å². The van der Waals surface area contributed by atoms with Gasteiger partial charge in [-0.05, 0) is 51.5 Å². The van der Waals surface area contributed by atoms with Gasteiger partial charge in [-0.15, -0.1) is 0 Å². The Morgan fingerprint density at radius 3 is 1.84 bits per heavy atom. The van der Waals surface area contributed by atoms with Gasteiger partial charge in [0.25, 0.3) is 5.91 Å². The summed E-state index contributed by atoms with van der Waals surface area (Å²) in [6, 6.07) is 9.61. The van der Waals surface area contributed by atoms with Gasteiger partial charge in [0.2, 0.25) is 0 Å². The highest BCUT2D eigenvalue weighted by atomic mass is 16.5. The molecule has 0 radical (unpaired) electrons. The van der Waals surface area contributed by atoms with Crippen molar-refractivity contribution in [2.45, 2.75) is 27.7 Å². The molecule has 0 spiro atoms. The molecular formula is C23H25NO7. The fraction of sp³-hybridized carbons (Fsp3) is 0.304. The Hall–Kier alpha value is -3.68. The van der Waals surface area contributed by atoms with Crippen LogP contribution in [-0.4, -0.2) is 43.6 Å². The maximum Gasteiger partial charge on any atom is 0.341 e. The van der Waals surface area contributed by atoms with Gasteiger partial charge in [0, 0.05) is 5.56 Å². The van der Waals surface area contributed by atoms with E-state index in [4.69, 9.17) is 14.2 Å². The first kappa shape index (κ1) is 23.6. The molecule has 8 heteroatoms. The summed E-state index contributed by atoms with van der Waals surface area (Å²) in [6.45, 7) is 6.59. The standard InChI is InChI=1S/C23H25NO7/c1-5-29-21(26)16-13-17(24-20(25)15-11-9-8-10-12-15)19(23(28)31-7-3)18(14(16)4)22(27)30-6-2/h8-13H,5-7H2,1-4H3,(H,24,25). The highest BCUT2D eigenvalue weighted by molar-refractivity contribution is 6.14. The van der Waals surface area contributed by atoms with Crippen LogP contribution in [0.2, 0.25) is 0 Å². The molecule has 0 aliphatic carbocycles. The number of esters is 3. The van der Waals surface area contributed by atoms with Crippen molar-refractivity contribution in [2.24, 2.45) is 0 Å². The SMILES string of the molecule is CCOC(=O)c1cc(NC(=O)c2ccccc2)c(C(=O)OCC)c(C(=O)OCC)c1C. The van der Waals surface area contributed by atoms with E-state index in [9.17, 15) is 19.2 Å². The molecule has 0 saturated heterocycles. The Kier molecular flexibility index (Phi) is 8.31. The highest BCUT2D eigenvalue weighted by Crippen LogP contribution is 2.30. The number of benzene rings is 2. The molecule has 164 valence electrons. The normalized spacial score (nSPS) is 10.2. The predicted molar refractivity (Wildman–Crippen MR) is 113 cm³/mol. The molecule has 1 amide bonds. The summed E-state index contributed by atoms with van der Waals surface area (Å²) < 4.78 is 15.3. The fourth-order valence-corrected chi connectivity index (χ4v) is 2.96. The van der Waals surface area contributed by atoms with Crippen molar-refractivity contribution in [3.05, 3.63) is 64.2 Å². The average Bonchev–Trinajstić information content (AvgIpc) is 2.75. The molecule has 1 N–H and O–H groups in total. The Morgan fingerprint density at radius 2 is 1.29 bits per heavy atom. The Morgan fingerprint density at radius 1 is 0.774 bits per heavy atom. The number of hydrogen-bond donors (Lipinski definition) is 1. The van der Waals surface area contributed by atoms with Gasteiger partial charge in [-0.25, -0.2) is 14.4 Å². The molecule has 0 aromatic heterocycles. The van der Waals surface area contributed by atoms with Crippen LogP contribution in [0.15, 0.2) is 36.4 Å². The van der Waals surface area contributed by atoms with Gasteiger partial charge in [0.1, 0.15) is 0 Å². The second-order valence-corrected chi connectivity index (χ2v) is 6.33. The smallest absolute Gasteiger partial charge is 0.341 e. The summed E-state index contributed by atoms with van der Waals surface area (Å²) in [7, 11) is 0. The number of amides is 1. The van der Waals surface area contributed by atoms with E-state index >= 15 is 0 Å². The molecule has 8 nitrogen and oxygen atoms in total. The summed E-state index contributed by atoms with van der Waals surface area (Å²) in [5.74, 6) is -2.87. The predicted octanol–water partition coefficient (Wildman–Crippen LogP) is 3.78. The van der Waals surface area contributed by atoms with Crippen LogP contribution in [0.1, 0.15) is 67.8 Å². The van der Waals surface area contributed by atoms with Crippen molar-refractivity contribution < 1.29 is 33.4 Å². The summed E-state index contributed by atoms with van der Waals surface area (Å²) in [5.41, 5.74) is 0.153. The number of carbonyl (C=O) groups is 4. The van der Waals surface area contributed by atoms with Crippen LogP contribution in [0.5, 0.6) is 0 Å². The number of rotatable bonds is 8. The molecule has 0 aliphatic heterocycles. The van der Waals surface area contributed by atoms with Gasteiger partial charge in [0.15, 0.2) is 0 Å². The van der Waals surface area contributed by atoms with Gasteiger partial charge in [-0.1, -0.05) is 18.2 Å². The van der Waals surface area contributed by atoms with Crippen molar-refractivity contribution in [2.75, 3.05) is 25.1 Å². The molecule has 0 unspecified atom stereocenters. The van der Waals surface area contributed by atoms with Crippen LogP contribution < -0.4 is 5.32 Å². The molecule has 31 heavy (non-hydrogen) atoms. The van der Waals surface area contributed by atoms with Gasteiger partial charge in [-0.3, -0.25) is 4.79 Å². The lowest BCUT2D eigenvalue weighted by Crippen LogP contribution is -2.23. The molecule has 0 atom stereocenters. The molecule has 2 aromatic carbocycles. The van der Waals surface area contributed by atoms with Crippen molar-refractivity contribution in [3.63, 3.8) is 0 Å². The van der Waals surface area contributed by atoms with Crippen molar-refractivity contribution >= 4 is 29.5 Å². The monoisotopic (exact) mass is 427 g/mol. The number of hydrogen-bond acceptors (Lipinski definition) is 7. The Bertz CT molecular complexity index is 983. The van der Waals surface area contributed by atoms with Crippen molar-refractivity contribution in [1.82, 2.24) is 0 Å². The number of nitrogens with one attached hydrogen (secondary N) is 1. The third kappa shape index (κ3) is 5.48. The maximum atomic E-state index is 12.8. The van der Waals surface area contributed by atoms with E-state index in [1.54, 1.807) is 51.1 Å². The van der Waals surface area contributed by atoms with E-state index in [1.807, 2.05) is 0 Å². The molecule has 2 rings (SSSR count). The third-order valence-electron chi connectivity index (χ3n) is 4.33. The molecule has 0 aliphatic rings. The molecule has 0 saturated carbocycles. The minimum atomic E-state index is -0.826. The van der Waals surface area contributed by atoms with Crippen LogP contribution >= 0.6 is 0 Å². The topological polar surface area (TPSA) is 108 Å². The number of ether oxygens (including phenoxy) is 3. The summed E-state index contributed by atoms with van der Waals surface area (Å²) in [5, 5.41) is 2.61. The van der Waals surface area contributed by atoms with E-state index in [0.717, 1.165) is 0 Å². The first-order valence-corrected chi connectivity index (χ1v) is 9.90. The van der Waals surface area contributed by atoms with Crippen LogP contribution in [0.25, 0.3) is 0 Å². The van der Waals surface area contributed by atoms with Crippen molar-refractivity contribution in [1.29, 1.82) is 0 Å². The zero-order chi connectivity index (χ0) is 23.0. The average molecular weight is 427 g/mol. The van der Waals surface area contributed by atoms with E-state index in [1.165, 1.54) is 13.0 Å². The molecule has 0 fully saturated rings. The first-order valence-electron chi connectivity index (χ1n) is 9.90. The number of carbonyl (C=O) groups excluding carboxylic acids is 4. The lowest BCUT2D eigenvalue weighted by molar-refractivity contribution is 0.0476. The zero-order valence-electron chi connectivity index (χ0n) is 17.9. The summed E-state index contributed by atoms with van der Waals surface area (Å²) >= 11 is 0. The Labute approximate surface area is 180 Å². The van der Waals surface area contributed by atoms with E-state index in [-0.39, 0.29) is 47.8 Å². The largest absolute Gasteiger partial charge is 0.462 e.